The summed E-state index contributed by atoms with van der Waals surface area (Å²) in [5, 5.41) is 2.88. The smallest absolute Gasteiger partial charge is 0.229 e. The van der Waals surface area contributed by atoms with Crippen LogP contribution < -0.4 is 19.5 Å². The Morgan fingerprint density at radius 3 is 2.79 bits per heavy atom. The minimum Gasteiger partial charge on any atom is -0.496 e. The number of likely N-dealkylation sites (tertiary alicyclic amines) is 1. The molecule has 2 heterocycles. The van der Waals surface area contributed by atoms with E-state index in [0.29, 0.717) is 43.5 Å². The van der Waals surface area contributed by atoms with Gasteiger partial charge in [-0.2, -0.15) is 0 Å². The molecule has 0 aliphatic carbocycles. The highest BCUT2D eigenvalue weighted by Crippen LogP contribution is 2.33. The van der Waals surface area contributed by atoms with Gasteiger partial charge in [-0.15, -0.1) is 0 Å². The molecule has 0 unspecified atom stereocenters. The van der Waals surface area contributed by atoms with Gasteiger partial charge in [0.1, 0.15) is 19.0 Å². The highest BCUT2D eigenvalue weighted by molar-refractivity contribution is 5.97. The molecule has 0 radical (unpaired) electrons. The average Bonchev–Trinajstić information content (AvgIpc) is 3.09. The van der Waals surface area contributed by atoms with Gasteiger partial charge in [-0.1, -0.05) is 18.2 Å². The van der Waals surface area contributed by atoms with Crippen molar-refractivity contribution in [3.05, 3.63) is 48.0 Å². The maximum absolute atomic E-state index is 12.7. The first-order valence-corrected chi connectivity index (χ1v) is 9.24. The van der Waals surface area contributed by atoms with Crippen molar-refractivity contribution in [2.24, 2.45) is 5.92 Å². The predicted octanol–water partition coefficient (Wildman–Crippen LogP) is 2.45. The largest absolute Gasteiger partial charge is 0.496 e. The van der Waals surface area contributed by atoms with Gasteiger partial charge in [0.2, 0.25) is 11.8 Å². The number of rotatable bonds is 5. The van der Waals surface area contributed by atoms with Crippen LogP contribution in [0.15, 0.2) is 42.5 Å². The Hall–Kier alpha value is -3.22. The molecule has 28 heavy (non-hydrogen) atoms. The van der Waals surface area contributed by atoms with Crippen molar-refractivity contribution in [3.63, 3.8) is 0 Å². The molecule has 4 rings (SSSR count). The fourth-order valence-electron chi connectivity index (χ4n) is 3.51. The van der Waals surface area contributed by atoms with Crippen molar-refractivity contribution in [1.29, 1.82) is 0 Å². The molecule has 1 saturated heterocycles. The summed E-state index contributed by atoms with van der Waals surface area (Å²) >= 11 is 0. The Morgan fingerprint density at radius 1 is 1.18 bits per heavy atom. The van der Waals surface area contributed by atoms with Crippen LogP contribution in [0.4, 0.5) is 5.69 Å². The summed E-state index contributed by atoms with van der Waals surface area (Å²) in [5.41, 5.74) is 1.55. The van der Waals surface area contributed by atoms with Gasteiger partial charge in [0.25, 0.3) is 0 Å². The van der Waals surface area contributed by atoms with Crippen molar-refractivity contribution < 1.29 is 23.8 Å². The number of fused-ring (bicyclic) bond motifs is 1. The molecule has 1 atom stereocenters. The molecule has 2 aromatic carbocycles. The predicted molar refractivity (Wildman–Crippen MR) is 103 cm³/mol. The van der Waals surface area contributed by atoms with E-state index >= 15 is 0 Å². The van der Waals surface area contributed by atoms with Gasteiger partial charge in [-0.05, 0) is 18.2 Å². The van der Waals surface area contributed by atoms with Crippen molar-refractivity contribution >= 4 is 17.5 Å². The van der Waals surface area contributed by atoms with Gasteiger partial charge in [0.05, 0.1) is 13.0 Å². The van der Waals surface area contributed by atoms with E-state index in [4.69, 9.17) is 14.2 Å². The number of nitrogens with zero attached hydrogens (tertiary/aromatic N) is 1. The number of carbonyl (C=O) groups excluding carboxylic acids is 2. The number of para-hydroxylation sites is 1. The summed E-state index contributed by atoms with van der Waals surface area (Å²) in [4.78, 5) is 26.8. The van der Waals surface area contributed by atoms with E-state index in [0.717, 1.165) is 11.3 Å². The zero-order chi connectivity index (χ0) is 19.5. The van der Waals surface area contributed by atoms with Crippen molar-refractivity contribution in [2.75, 3.05) is 32.2 Å². The average molecular weight is 382 g/mol. The van der Waals surface area contributed by atoms with E-state index in [2.05, 4.69) is 5.32 Å². The molecule has 7 heteroatoms. The third-order valence-electron chi connectivity index (χ3n) is 4.95. The Kier molecular flexibility index (Phi) is 5.06. The van der Waals surface area contributed by atoms with Crippen LogP contribution in [-0.4, -0.2) is 43.6 Å². The molecule has 1 N–H and O–H groups in total. The van der Waals surface area contributed by atoms with Crippen LogP contribution in [0.5, 0.6) is 17.2 Å². The summed E-state index contributed by atoms with van der Waals surface area (Å²) in [7, 11) is 1.61. The number of amides is 2. The molecule has 146 valence electrons. The van der Waals surface area contributed by atoms with Gasteiger partial charge in [0, 0.05) is 36.8 Å². The fourth-order valence-corrected chi connectivity index (χ4v) is 3.51. The molecule has 0 saturated carbocycles. The van der Waals surface area contributed by atoms with Crippen molar-refractivity contribution in [3.8, 4) is 17.2 Å². The fraction of sp³-hybridized carbons (Fsp3) is 0.333. The Morgan fingerprint density at radius 2 is 1.96 bits per heavy atom. The highest BCUT2D eigenvalue weighted by atomic mass is 16.6. The van der Waals surface area contributed by atoms with Crippen LogP contribution in [0.1, 0.15) is 12.0 Å². The normalized spacial score (nSPS) is 18.1. The number of benzene rings is 2. The number of nitrogens with one attached hydrogen (secondary N) is 1. The maximum Gasteiger partial charge on any atom is 0.229 e. The molecule has 0 spiro atoms. The minimum absolute atomic E-state index is 0.0340. The van der Waals surface area contributed by atoms with E-state index in [9.17, 15) is 9.59 Å². The quantitative estimate of drug-likeness (QED) is 0.860. The third-order valence-corrected chi connectivity index (χ3v) is 4.95. The van der Waals surface area contributed by atoms with Crippen LogP contribution in [0.3, 0.4) is 0 Å². The lowest BCUT2D eigenvalue weighted by Gasteiger charge is -2.20. The molecule has 0 aromatic heterocycles. The van der Waals surface area contributed by atoms with Gasteiger partial charge < -0.3 is 24.4 Å². The Bertz CT molecular complexity index is 898. The number of carbonyl (C=O) groups is 2. The first kappa shape index (κ1) is 18.2. The summed E-state index contributed by atoms with van der Waals surface area (Å²) in [6.45, 7) is 1.81. The third kappa shape index (κ3) is 3.74. The molecule has 1 fully saturated rings. The molecule has 2 amide bonds. The SMILES string of the molecule is COc1ccccc1CN1C[C@H](C(=O)Nc2ccc3c(c2)OCCO3)CC1=O. The van der Waals surface area contributed by atoms with E-state index in [1.165, 1.54) is 0 Å². The van der Waals surface area contributed by atoms with Crippen LogP contribution in [0, 0.1) is 5.92 Å². The monoisotopic (exact) mass is 382 g/mol. The zero-order valence-corrected chi connectivity index (χ0v) is 15.6. The Balaban J connectivity index is 1.40. The molecule has 2 aliphatic rings. The molecule has 2 aromatic rings. The second-order valence-corrected chi connectivity index (χ2v) is 6.83. The minimum atomic E-state index is -0.393. The van der Waals surface area contributed by atoms with Crippen molar-refractivity contribution in [1.82, 2.24) is 4.90 Å². The summed E-state index contributed by atoms with van der Waals surface area (Å²) in [6, 6.07) is 12.9. The van der Waals surface area contributed by atoms with Crippen molar-refractivity contribution in [2.45, 2.75) is 13.0 Å². The summed E-state index contributed by atoms with van der Waals surface area (Å²) in [5.74, 6) is 1.42. The summed E-state index contributed by atoms with van der Waals surface area (Å²) in [6.07, 6.45) is 0.200. The first-order valence-electron chi connectivity index (χ1n) is 9.24. The zero-order valence-electron chi connectivity index (χ0n) is 15.6. The van der Waals surface area contributed by atoms with Gasteiger partial charge in [-0.3, -0.25) is 9.59 Å². The second kappa shape index (κ2) is 7.80. The number of hydrogen-bond donors (Lipinski definition) is 1. The Labute approximate surface area is 163 Å². The van der Waals surface area contributed by atoms with Crippen LogP contribution in [0.25, 0.3) is 0 Å². The number of hydrogen-bond acceptors (Lipinski definition) is 5. The standard InChI is InChI=1S/C21H22N2O5/c1-26-17-5-3-2-4-14(17)12-23-13-15(10-20(23)24)21(25)22-16-6-7-18-19(11-16)28-9-8-27-18/h2-7,11,15H,8-10,12-13H2,1H3,(H,22,25)/t15-/m1/s1. The lowest BCUT2D eigenvalue weighted by Crippen LogP contribution is -2.28. The highest BCUT2D eigenvalue weighted by Gasteiger charge is 2.34. The molecule has 7 nitrogen and oxygen atoms in total. The number of methoxy groups -OCH3 is 1. The number of ether oxygens (including phenoxy) is 3. The topological polar surface area (TPSA) is 77.1 Å². The van der Waals surface area contributed by atoms with Crippen LogP contribution in [0.2, 0.25) is 0 Å². The van der Waals surface area contributed by atoms with E-state index < -0.39 is 5.92 Å². The molecule has 0 bridgehead atoms. The summed E-state index contributed by atoms with van der Waals surface area (Å²) < 4.78 is 16.4. The van der Waals surface area contributed by atoms with E-state index in [1.807, 2.05) is 24.3 Å². The maximum atomic E-state index is 12.7. The molecular formula is C21H22N2O5. The number of anilines is 1. The lowest BCUT2D eigenvalue weighted by atomic mass is 10.1. The van der Waals surface area contributed by atoms with Crippen LogP contribution >= 0.6 is 0 Å². The second-order valence-electron chi connectivity index (χ2n) is 6.83. The molecular weight excluding hydrogens is 360 g/mol. The van der Waals surface area contributed by atoms with E-state index in [-0.39, 0.29) is 18.2 Å². The van der Waals surface area contributed by atoms with Gasteiger partial charge in [0.15, 0.2) is 11.5 Å². The van der Waals surface area contributed by atoms with Gasteiger partial charge in [-0.25, -0.2) is 0 Å². The lowest BCUT2D eigenvalue weighted by molar-refractivity contribution is -0.128. The molecule has 2 aliphatic heterocycles. The van der Waals surface area contributed by atoms with E-state index in [1.54, 1.807) is 30.2 Å². The van der Waals surface area contributed by atoms with Crippen LogP contribution in [-0.2, 0) is 16.1 Å². The first-order chi connectivity index (χ1) is 13.6. The van der Waals surface area contributed by atoms with Gasteiger partial charge >= 0.3 is 0 Å².